The summed E-state index contributed by atoms with van der Waals surface area (Å²) in [6, 6.07) is 3.06. The van der Waals surface area contributed by atoms with Crippen LogP contribution in [0.15, 0.2) is 35.3 Å². The summed E-state index contributed by atoms with van der Waals surface area (Å²) in [5.41, 5.74) is 0. The fraction of sp³-hybridized carbons (Fsp3) is 0.333. The quantitative estimate of drug-likeness (QED) is 0.734. The second-order valence-electron chi connectivity index (χ2n) is 3.90. The van der Waals surface area contributed by atoms with Crippen LogP contribution in [0.4, 0.5) is 5.88 Å². The van der Waals surface area contributed by atoms with E-state index in [2.05, 4.69) is 10.3 Å². The summed E-state index contributed by atoms with van der Waals surface area (Å²) < 4.78 is 7.09. The van der Waals surface area contributed by atoms with Crippen LogP contribution in [0.5, 0.6) is 0 Å². The number of anilines is 1. The molecule has 0 unspecified atom stereocenters. The Morgan fingerprint density at radius 2 is 2.33 bits per heavy atom. The first-order valence-corrected chi connectivity index (χ1v) is 5.78. The lowest BCUT2D eigenvalue weighted by Crippen LogP contribution is -2.03. The van der Waals surface area contributed by atoms with Crippen molar-refractivity contribution < 1.29 is 14.3 Å². The van der Waals surface area contributed by atoms with Crippen molar-refractivity contribution in [3.05, 3.63) is 36.6 Å². The zero-order valence-electron chi connectivity index (χ0n) is 9.87. The monoisotopic (exact) mass is 249 g/mol. The molecule has 0 aliphatic rings. The van der Waals surface area contributed by atoms with E-state index in [1.165, 1.54) is 6.07 Å². The van der Waals surface area contributed by atoms with E-state index in [4.69, 9.17) is 9.52 Å². The summed E-state index contributed by atoms with van der Waals surface area (Å²) >= 11 is 0. The zero-order valence-corrected chi connectivity index (χ0v) is 9.87. The highest BCUT2D eigenvalue weighted by molar-refractivity contribution is 5.84. The van der Waals surface area contributed by atoms with Gasteiger partial charge >= 0.3 is 5.97 Å². The van der Waals surface area contributed by atoms with Gasteiger partial charge < -0.3 is 19.4 Å². The van der Waals surface area contributed by atoms with E-state index in [0.29, 0.717) is 5.88 Å². The van der Waals surface area contributed by atoms with Gasteiger partial charge in [0.15, 0.2) is 5.88 Å². The van der Waals surface area contributed by atoms with Crippen molar-refractivity contribution in [3.8, 4) is 0 Å². The third kappa shape index (κ3) is 3.38. The van der Waals surface area contributed by atoms with Crippen molar-refractivity contribution in [1.29, 1.82) is 0 Å². The summed E-state index contributed by atoms with van der Waals surface area (Å²) in [5, 5.41) is 11.7. The number of carboxylic acids is 1. The molecule has 18 heavy (non-hydrogen) atoms. The number of carboxylic acid groups (broad SMARTS) is 1. The van der Waals surface area contributed by atoms with Crippen molar-refractivity contribution in [2.24, 2.45) is 0 Å². The van der Waals surface area contributed by atoms with Crippen molar-refractivity contribution >= 4 is 11.9 Å². The minimum Gasteiger partial charge on any atom is -0.475 e. The molecule has 2 aromatic rings. The molecule has 0 fully saturated rings. The van der Waals surface area contributed by atoms with Crippen LogP contribution in [-0.2, 0) is 6.54 Å². The molecule has 2 heterocycles. The van der Waals surface area contributed by atoms with Crippen LogP contribution >= 0.6 is 0 Å². The standard InChI is InChI=1S/C12H15N3O3/c16-12(17)10-3-4-11(18-10)14-5-1-2-7-15-8-6-13-9-15/h3-4,6,8-9,14H,1-2,5,7H2,(H,16,17). The molecular weight excluding hydrogens is 234 g/mol. The summed E-state index contributed by atoms with van der Waals surface area (Å²) in [6.45, 7) is 1.68. The molecular formula is C12H15N3O3. The Morgan fingerprint density at radius 1 is 1.44 bits per heavy atom. The molecule has 2 rings (SSSR count). The molecule has 0 radical (unpaired) electrons. The lowest BCUT2D eigenvalue weighted by Gasteiger charge is -2.03. The molecule has 0 atom stereocenters. The minimum absolute atomic E-state index is 0.0454. The van der Waals surface area contributed by atoms with Crippen LogP contribution < -0.4 is 5.32 Å². The number of nitrogens with zero attached hydrogens (tertiary/aromatic N) is 2. The Hall–Kier alpha value is -2.24. The molecule has 2 N–H and O–H groups in total. The fourth-order valence-electron chi connectivity index (χ4n) is 1.60. The third-order valence-electron chi connectivity index (χ3n) is 2.52. The normalized spacial score (nSPS) is 10.4. The van der Waals surface area contributed by atoms with E-state index in [1.807, 2.05) is 10.8 Å². The van der Waals surface area contributed by atoms with E-state index in [1.54, 1.807) is 18.6 Å². The lowest BCUT2D eigenvalue weighted by atomic mass is 10.3. The number of carbonyl (C=O) groups is 1. The lowest BCUT2D eigenvalue weighted by molar-refractivity contribution is 0.0663. The highest BCUT2D eigenvalue weighted by atomic mass is 16.4. The first-order chi connectivity index (χ1) is 8.75. The van der Waals surface area contributed by atoms with Crippen molar-refractivity contribution in [2.45, 2.75) is 19.4 Å². The van der Waals surface area contributed by atoms with E-state index in [0.717, 1.165) is 25.9 Å². The van der Waals surface area contributed by atoms with Gasteiger partial charge in [-0.3, -0.25) is 0 Å². The smallest absolute Gasteiger partial charge is 0.371 e. The second-order valence-corrected chi connectivity index (χ2v) is 3.90. The first-order valence-electron chi connectivity index (χ1n) is 5.78. The van der Waals surface area contributed by atoms with Crippen LogP contribution in [0.3, 0.4) is 0 Å². The Morgan fingerprint density at radius 3 is 3.00 bits per heavy atom. The van der Waals surface area contributed by atoms with E-state index in [-0.39, 0.29) is 5.76 Å². The van der Waals surface area contributed by atoms with Crippen molar-refractivity contribution in [3.63, 3.8) is 0 Å². The maximum Gasteiger partial charge on any atom is 0.371 e. The maximum atomic E-state index is 10.6. The van der Waals surface area contributed by atoms with Crippen LogP contribution in [0.1, 0.15) is 23.4 Å². The number of unbranched alkanes of at least 4 members (excludes halogenated alkanes) is 1. The number of imidazole rings is 1. The SMILES string of the molecule is O=C(O)c1ccc(NCCCCn2ccnc2)o1. The molecule has 0 aliphatic carbocycles. The molecule has 0 spiro atoms. The van der Waals surface area contributed by atoms with Gasteiger partial charge in [0.1, 0.15) is 0 Å². The maximum absolute atomic E-state index is 10.6. The molecule has 0 amide bonds. The molecule has 0 bridgehead atoms. The number of nitrogens with one attached hydrogen (secondary N) is 1. The minimum atomic E-state index is -1.05. The number of furan rings is 1. The predicted molar refractivity (Wildman–Crippen MR) is 65.6 cm³/mol. The highest BCUT2D eigenvalue weighted by Crippen LogP contribution is 2.13. The van der Waals surface area contributed by atoms with Crippen LogP contribution in [0.25, 0.3) is 0 Å². The molecule has 6 nitrogen and oxygen atoms in total. The zero-order chi connectivity index (χ0) is 12.8. The number of hydrogen-bond donors (Lipinski definition) is 2. The Kier molecular flexibility index (Phi) is 4.01. The van der Waals surface area contributed by atoms with E-state index in [9.17, 15) is 4.79 Å². The van der Waals surface area contributed by atoms with Crippen molar-refractivity contribution in [1.82, 2.24) is 9.55 Å². The third-order valence-corrected chi connectivity index (χ3v) is 2.52. The summed E-state index contributed by atoms with van der Waals surface area (Å²) in [6.07, 6.45) is 7.48. The van der Waals surface area contributed by atoms with Gasteiger partial charge in [-0.25, -0.2) is 9.78 Å². The number of aromatic carboxylic acids is 1. The summed E-state index contributed by atoms with van der Waals surface area (Å²) in [7, 11) is 0. The molecule has 6 heteroatoms. The van der Waals surface area contributed by atoms with Gasteiger partial charge in [0.25, 0.3) is 0 Å². The van der Waals surface area contributed by atoms with E-state index < -0.39 is 5.97 Å². The van der Waals surface area contributed by atoms with Gasteiger partial charge in [-0.15, -0.1) is 0 Å². The number of aromatic nitrogens is 2. The van der Waals surface area contributed by atoms with Gasteiger partial charge in [0.2, 0.25) is 5.76 Å². The number of rotatable bonds is 7. The first kappa shape index (κ1) is 12.2. The summed E-state index contributed by atoms with van der Waals surface area (Å²) in [5.74, 6) is -0.603. The Labute approximate surface area is 104 Å². The molecule has 0 saturated heterocycles. The van der Waals surface area contributed by atoms with Gasteiger partial charge in [0.05, 0.1) is 6.33 Å². The van der Waals surface area contributed by atoms with Gasteiger partial charge in [0, 0.05) is 31.5 Å². The van der Waals surface area contributed by atoms with Gasteiger partial charge in [-0.1, -0.05) is 0 Å². The summed E-state index contributed by atoms with van der Waals surface area (Å²) in [4.78, 5) is 14.6. The molecule has 0 aliphatic heterocycles. The predicted octanol–water partition coefficient (Wildman–Crippen LogP) is 2.07. The van der Waals surface area contributed by atoms with Gasteiger partial charge in [-0.05, 0) is 18.9 Å². The average Bonchev–Trinajstić information content (AvgIpc) is 2.98. The Balaban J connectivity index is 1.64. The van der Waals surface area contributed by atoms with E-state index >= 15 is 0 Å². The van der Waals surface area contributed by atoms with Crippen LogP contribution in [0.2, 0.25) is 0 Å². The fourth-order valence-corrected chi connectivity index (χ4v) is 1.60. The highest BCUT2D eigenvalue weighted by Gasteiger charge is 2.07. The van der Waals surface area contributed by atoms with Crippen LogP contribution in [-0.4, -0.2) is 27.2 Å². The second kappa shape index (κ2) is 5.90. The molecule has 2 aromatic heterocycles. The van der Waals surface area contributed by atoms with Crippen molar-refractivity contribution in [2.75, 3.05) is 11.9 Å². The molecule has 0 saturated carbocycles. The van der Waals surface area contributed by atoms with Crippen LogP contribution in [0, 0.1) is 0 Å². The largest absolute Gasteiger partial charge is 0.475 e. The Bertz CT molecular complexity index is 490. The number of hydrogen-bond acceptors (Lipinski definition) is 4. The molecule has 0 aromatic carbocycles. The van der Waals surface area contributed by atoms with Gasteiger partial charge in [-0.2, -0.15) is 0 Å². The average molecular weight is 249 g/mol. The molecule has 96 valence electrons. The number of aryl methyl sites for hydroxylation is 1. The topological polar surface area (TPSA) is 80.3 Å².